The average Bonchev–Trinajstić information content (AvgIpc) is 2.20. The molecule has 17 heavy (non-hydrogen) atoms. The zero-order valence-corrected chi connectivity index (χ0v) is 11.3. The van der Waals surface area contributed by atoms with E-state index in [1.165, 1.54) is 0 Å². The zero-order chi connectivity index (χ0) is 13.3. The molecular formula is C12H25NO4. The summed E-state index contributed by atoms with van der Waals surface area (Å²) in [6.45, 7) is 8.49. The summed E-state index contributed by atoms with van der Waals surface area (Å²) in [5.41, 5.74) is -0.289. The highest BCUT2D eigenvalue weighted by Gasteiger charge is 2.18. The smallest absolute Gasteiger partial charge is 0.407 e. The van der Waals surface area contributed by atoms with Gasteiger partial charge < -0.3 is 19.9 Å². The highest BCUT2D eigenvalue weighted by atomic mass is 16.6. The third-order valence-electron chi connectivity index (χ3n) is 2.03. The number of nitrogens with one attached hydrogen (secondary N) is 1. The summed E-state index contributed by atoms with van der Waals surface area (Å²) in [6, 6.07) is 0. The summed E-state index contributed by atoms with van der Waals surface area (Å²) in [5.74, 6) is 0. The van der Waals surface area contributed by atoms with E-state index in [1.54, 1.807) is 0 Å². The van der Waals surface area contributed by atoms with Crippen LogP contribution in [0, 0.1) is 0 Å². The monoisotopic (exact) mass is 247 g/mol. The third kappa shape index (κ3) is 10.1. The molecule has 0 saturated carbocycles. The lowest BCUT2D eigenvalue weighted by Crippen LogP contribution is -2.42. The molecule has 0 heterocycles. The van der Waals surface area contributed by atoms with Crippen molar-refractivity contribution in [2.24, 2.45) is 0 Å². The zero-order valence-electron chi connectivity index (χ0n) is 11.3. The van der Waals surface area contributed by atoms with Gasteiger partial charge in [0.15, 0.2) is 0 Å². The van der Waals surface area contributed by atoms with Crippen molar-refractivity contribution in [2.45, 2.75) is 52.2 Å². The molecule has 5 nitrogen and oxygen atoms in total. The molecule has 0 aliphatic heterocycles. The van der Waals surface area contributed by atoms with Crippen molar-refractivity contribution in [2.75, 3.05) is 19.8 Å². The Morgan fingerprint density at radius 3 is 2.47 bits per heavy atom. The minimum Gasteiger partial charge on any atom is -0.446 e. The van der Waals surface area contributed by atoms with Crippen molar-refractivity contribution in [1.29, 1.82) is 0 Å². The Hall–Kier alpha value is -0.810. The maximum absolute atomic E-state index is 11.5. The van der Waals surface area contributed by atoms with Gasteiger partial charge >= 0.3 is 6.09 Å². The Bertz CT molecular complexity index is 213. The number of ether oxygens (including phenoxy) is 2. The van der Waals surface area contributed by atoms with Crippen LogP contribution in [0.5, 0.6) is 0 Å². The van der Waals surface area contributed by atoms with Gasteiger partial charge in [-0.2, -0.15) is 0 Å². The highest BCUT2D eigenvalue weighted by molar-refractivity contribution is 5.68. The molecule has 0 aromatic carbocycles. The number of hydrogen-bond donors (Lipinski definition) is 2. The average molecular weight is 247 g/mol. The molecule has 0 fully saturated rings. The van der Waals surface area contributed by atoms with Crippen LogP contribution in [-0.2, 0) is 9.47 Å². The first kappa shape index (κ1) is 16.2. The Balaban J connectivity index is 3.83. The molecule has 102 valence electrons. The number of amides is 1. The lowest BCUT2D eigenvalue weighted by molar-refractivity contribution is 0.0430. The standard InChI is InChI=1S/C12H25NO4/c1-5-10(6-8-16-9-7-14)17-11(15)13-12(2,3)4/h10,14H,5-9H2,1-4H3,(H,13,15). The van der Waals surface area contributed by atoms with Crippen molar-refractivity contribution in [3.05, 3.63) is 0 Å². The van der Waals surface area contributed by atoms with E-state index in [4.69, 9.17) is 14.6 Å². The molecule has 1 unspecified atom stereocenters. The van der Waals surface area contributed by atoms with Gasteiger partial charge in [-0.15, -0.1) is 0 Å². The van der Waals surface area contributed by atoms with Crippen LogP contribution in [0.25, 0.3) is 0 Å². The fourth-order valence-corrected chi connectivity index (χ4v) is 1.21. The van der Waals surface area contributed by atoms with Crippen LogP contribution in [0.1, 0.15) is 40.5 Å². The maximum Gasteiger partial charge on any atom is 0.407 e. The lowest BCUT2D eigenvalue weighted by atomic mass is 10.1. The van der Waals surface area contributed by atoms with Gasteiger partial charge in [0.05, 0.1) is 19.8 Å². The summed E-state index contributed by atoms with van der Waals surface area (Å²) in [7, 11) is 0. The van der Waals surface area contributed by atoms with Gasteiger partial charge in [0.25, 0.3) is 0 Å². The Labute approximate surface area is 103 Å². The third-order valence-corrected chi connectivity index (χ3v) is 2.03. The molecule has 0 bridgehead atoms. The van der Waals surface area contributed by atoms with Crippen molar-refractivity contribution >= 4 is 6.09 Å². The number of rotatable bonds is 7. The van der Waals surface area contributed by atoms with E-state index >= 15 is 0 Å². The van der Waals surface area contributed by atoms with Crippen LogP contribution < -0.4 is 5.32 Å². The van der Waals surface area contributed by atoms with Crippen molar-refractivity contribution in [3.8, 4) is 0 Å². The molecule has 0 saturated heterocycles. The van der Waals surface area contributed by atoms with Crippen LogP contribution >= 0.6 is 0 Å². The molecule has 0 radical (unpaired) electrons. The second kappa shape index (κ2) is 8.31. The summed E-state index contributed by atoms with van der Waals surface area (Å²) < 4.78 is 10.4. The molecule has 0 aliphatic rings. The fraction of sp³-hybridized carbons (Fsp3) is 0.917. The predicted octanol–water partition coefficient (Wildman–Crippen LogP) is 1.69. The van der Waals surface area contributed by atoms with Gasteiger partial charge in [0.2, 0.25) is 0 Å². The quantitative estimate of drug-likeness (QED) is 0.672. The molecule has 1 amide bonds. The summed E-state index contributed by atoms with van der Waals surface area (Å²) in [5, 5.41) is 11.3. The lowest BCUT2D eigenvalue weighted by Gasteiger charge is -2.23. The summed E-state index contributed by atoms with van der Waals surface area (Å²) in [4.78, 5) is 11.5. The highest BCUT2D eigenvalue weighted by Crippen LogP contribution is 2.06. The Kier molecular flexibility index (Phi) is 7.91. The first-order chi connectivity index (χ1) is 7.89. The molecular weight excluding hydrogens is 222 g/mol. The van der Waals surface area contributed by atoms with Gasteiger partial charge in [-0.1, -0.05) is 6.92 Å². The SMILES string of the molecule is CCC(CCOCCO)OC(=O)NC(C)(C)C. The van der Waals surface area contributed by atoms with E-state index in [0.717, 1.165) is 6.42 Å². The minimum absolute atomic E-state index is 0.0160. The Morgan fingerprint density at radius 2 is 2.00 bits per heavy atom. The first-order valence-electron chi connectivity index (χ1n) is 6.06. The van der Waals surface area contributed by atoms with E-state index < -0.39 is 6.09 Å². The number of carbonyl (C=O) groups is 1. The van der Waals surface area contributed by atoms with Gasteiger partial charge in [-0.05, 0) is 27.2 Å². The Morgan fingerprint density at radius 1 is 1.35 bits per heavy atom. The second-order valence-corrected chi connectivity index (χ2v) is 4.94. The molecule has 1 atom stereocenters. The fourth-order valence-electron chi connectivity index (χ4n) is 1.21. The van der Waals surface area contributed by atoms with Crippen LogP contribution in [0.15, 0.2) is 0 Å². The van der Waals surface area contributed by atoms with Crippen LogP contribution in [-0.4, -0.2) is 42.7 Å². The van der Waals surface area contributed by atoms with E-state index in [9.17, 15) is 4.79 Å². The van der Waals surface area contributed by atoms with Crippen molar-refractivity contribution in [1.82, 2.24) is 5.32 Å². The maximum atomic E-state index is 11.5. The summed E-state index contributed by atoms with van der Waals surface area (Å²) >= 11 is 0. The van der Waals surface area contributed by atoms with Gasteiger partial charge in [0.1, 0.15) is 6.10 Å². The number of aliphatic hydroxyl groups is 1. The number of aliphatic hydroxyl groups excluding tert-OH is 1. The molecule has 0 spiro atoms. The van der Waals surface area contributed by atoms with Crippen LogP contribution in [0.4, 0.5) is 4.79 Å². The molecule has 0 rings (SSSR count). The predicted molar refractivity (Wildman–Crippen MR) is 66.0 cm³/mol. The molecule has 2 N–H and O–H groups in total. The molecule has 5 heteroatoms. The summed E-state index contributed by atoms with van der Waals surface area (Å²) in [6.07, 6.45) is 0.858. The topological polar surface area (TPSA) is 67.8 Å². The van der Waals surface area contributed by atoms with Gasteiger partial charge in [-0.25, -0.2) is 4.79 Å². The first-order valence-corrected chi connectivity index (χ1v) is 6.06. The normalized spacial score (nSPS) is 13.2. The van der Waals surface area contributed by atoms with Gasteiger partial charge in [-0.3, -0.25) is 0 Å². The van der Waals surface area contributed by atoms with E-state index in [0.29, 0.717) is 19.6 Å². The number of alkyl carbamates (subject to hydrolysis) is 1. The second-order valence-electron chi connectivity index (χ2n) is 4.94. The number of carbonyl (C=O) groups excluding carboxylic acids is 1. The van der Waals surface area contributed by atoms with Crippen molar-refractivity contribution in [3.63, 3.8) is 0 Å². The van der Waals surface area contributed by atoms with Crippen LogP contribution in [0.2, 0.25) is 0 Å². The minimum atomic E-state index is -0.397. The van der Waals surface area contributed by atoms with E-state index in [2.05, 4.69) is 5.32 Å². The molecule has 0 aromatic rings. The van der Waals surface area contributed by atoms with Crippen LogP contribution in [0.3, 0.4) is 0 Å². The molecule has 0 aromatic heterocycles. The van der Waals surface area contributed by atoms with E-state index in [1.807, 2.05) is 27.7 Å². The van der Waals surface area contributed by atoms with E-state index in [-0.39, 0.29) is 18.2 Å². The van der Waals surface area contributed by atoms with Crippen molar-refractivity contribution < 1.29 is 19.4 Å². The van der Waals surface area contributed by atoms with Gasteiger partial charge in [0, 0.05) is 12.0 Å². The largest absolute Gasteiger partial charge is 0.446 e. The number of hydrogen-bond acceptors (Lipinski definition) is 4. The molecule has 0 aliphatic carbocycles.